The molecule has 0 radical (unpaired) electrons. The summed E-state index contributed by atoms with van der Waals surface area (Å²) in [5.74, 6) is 0.284. The molecule has 1 heteroatoms. The highest BCUT2D eigenvalue weighted by Crippen LogP contribution is 2.28. The molecule has 1 aliphatic rings. The lowest BCUT2D eigenvalue weighted by atomic mass is 9.86. The van der Waals surface area contributed by atoms with Gasteiger partial charge in [-0.2, -0.15) is 0 Å². The number of hydrogen-bond donors (Lipinski definition) is 0. The molecule has 58 valence electrons. The van der Waals surface area contributed by atoms with Crippen LogP contribution in [0.2, 0.25) is 0 Å². The van der Waals surface area contributed by atoms with Crippen LogP contribution in [-0.2, 0) is 0 Å². The van der Waals surface area contributed by atoms with Crippen molar-refractivity contribution in [1.29, 1.82) is 0 Å². The number of rotatable bonds is 2. The van der Waals surface area contributed by atoms with Gasteiger partial charge in [0.1, 0.15) is 6.17 Å². The minimum atomic E-state index is -0.750. The van der Waals surface area contributed by atoms with Crippen molar-refractivity contribution in [1.82, 2.24) is 0 Å². The van der Waals surface area contributed by atoms with Crippen molar-refractivity contribution in [3.63, 3.8) is 0 Å². The molecule has 0 aromatic heterocycles. The number of allylic oxidation sites excluding steroid dienone is 1. The molecular formula is C9H15F. The Balaban J connectivity index is 2.30. The average molecular weight is 142 g/mol. The van der Waals surface area contributed by atoms with E-state index in [0.29, 0.717) is 0 Å². The third-order valence-electron chi connectivity index (χ3n) is 2.33. The molecule has 0 bridgehead atoms. The molecule has 0 nitrogen and oxygen atoms in total. The summed E-state index contributed by atoms with van der Waals surface area (Å²) in [5.41, 5.74) is 0. The van der Waals surface area contributed by atoms with E-state index in [4.69, 9.17) is 0 Å². The fourth-order valence-electron chi connectivity index (χ4n) is 1.65. The highest BCUT2D eigenvalue weighted by Gasteiger charge is 2.19. The summed E-state index contributed by atoms with van der Waals surface area (Å²) in [6.45, 7) is 3.46. The molecule has 1 aliphatic carbocycles. The molecule has 0 amide bonds. The predicted molar refractivity (Wildman–Crippen MR) is 41.7 cm³/mol. The molecule has 1 saturated carbocycles. The first kappa shape index (κ1) is 7.77. The Labute approximate surface area is 62.1 Å². The number of alkyl halides is 1. The fourth-order valence-corrected chi connectivity index (χ4v) is 1.65. The van der Waals surface area contributed by atoms with Gasteiger partial charge in [-0.05, 0) is 18.8 Å². The van der Waals surface area contributed by atoms with Gasteiger partial charge in [-0.25, -0.2) is 4.39 Å². The summed E-state index contributed by atoms with van der Waals surface area (Å²) in [6, 6.07) is 0. The first-order chi connectivity index (χ1) is 4.84. The molecule has 1 fully saturated rings. The van der Waals surface area contributed by atoms with Crippen molar-refractivity contribution < 1.29 is 4.39 Å². The Kier molecular flexibility index (Phi) is 2.91. The second kappa shape index (κ2) is 3.75. The molecule has 0 heterocycles. The van der Waals surface area contributed by atoms with Gasteiger partial charge >= 0.3 is 0 Å². The third-order valence-corrected chi connectivity index (χ3v) is 2.33. The van der Waals surface area contributed by atoms with Crippen LogP contribution < -0.4 is 0 Å². The van der Waals surface area contributed by atoms with Gasteiger partial charge in [-0.1, -0.05) is 25.3 Å². The maximum absolute atomic E-state index is 12.9. The minimum absolute atomic E-state index is 0.284. The van der Waals surface area contributed by atoms with Crippen molar-refractivity contribution in [3.05, 3.63) is 12.7 Å². The zero-order valence-corrected chi connectivity index (χ0v) is 6.35. The molecule has 0 unspecified atom stereocenters. The van der Waals surface area contributed by atoms with Crippen LogP contribution in [0.3, 0.4) is 0 Å². The van der Waals surface area contributed by atoms with Gasteiger partial charge in [-0.3, -0.25) is 0 Å². The van der Waals surface area contributed by atoms with Crippen molar-refractivity contribution in [2.45, 2.75) is 38.3 Å². The van der Waals surface area contributed by atoms with Crippen LogP contribution in [0.1, 0.15) is 32.1 Å². The Bertz CT molecular complexity index is 103. The molecule has 1 rings (SSSR count). The second-order valence-electron chi connectivity index (χ2n) is 3.08. The normalized spacial score (nSPS) is 24.1. The van der Waals surface area contributed by atoms with Crippen LogP contribution in [-0.4, -0.2) is 6.17 Å². The fraction of sp³-hybridized carbons (Fsp3) is 0.778. The van der Waals surface area contributed by atoms with E-state index < -0.39 is 6.17 Å². The second-order valence-corrected chi connectivity index (χ2v) is 3.08. The van der Waals surface area contributed by atoms with Gasteiger partial charge in [0.25, 0.3) is 0 Å². The standard InChI is InChI=1S/C9H15F/c1-2-9(10)8-6-4-3-5-7-8/h2,8-9H,1,3-7H2/t9-/m0/s1. The van der Waals surface area contributed by atoms with Crippen molar-refractivity contribution >= 4 is 0 Å². The Morgan fingerprint density at radius 1 is 1.30 bits per heavy atom. The predicted octanol–water partition coefficient (Wildman–Crippen LogP) is 3.09. The zero-order valence-electron chi connectivity index (χ0n) is 6.35. The van der Waals surface area contributed by atoms with Gasteiger partial charge in [0, 0.05) is 0 Å². The average Bonchev–Trinajstić information content (AvgIpc) is 2.05. The van der Waals surface area contributed by atoms with E-state index >= 15 is 0 Å². The van der Waals surface area contributed by atoms with E-state index in [0.717, 1.165) is 12.8 Å². The summed E-state index contributed by atoms with van der Waals surface area (Å²) >= 11 is 0. The number of hydrogen-bond acceptors (Lipinski definition) is 0. The SMILES string of the molecule is C=C[C@H](F)C1CCCCC1. The van der Waals surface area contributed by atoms with Crippen LogP contribution in [0.4, 0.5) is 4.39 Å². The monoisotopic (exact) mass is 142 g/mol. The highest BCUT2D eigenvalue weighted by atomic mass is 19.1. The van der Waals surface area contributed by atoms with E-state index in [1.54, 1.807) is 0 Å². The van der Waals surface area contributed by atoms with E-state index in [1.165, 1.54) is 25.3 Å². The summed E-state index contributed by atoms with van der Waals surface area (Å²) in [7, 11) is 0. The zero-order chi connectivity index (χ0) is 7.40. The van der Waals surface area contributed by atoms with Gasteiger partial charge in [0.2, 0.25) is 0 Å². The Morgan fingerprint density at radius 3 is 2.40 bits per heavy atom. The lowest BCUT2D eigenvalue weighted by Crippen LogP contribution is -2.16. The van der Waals surface area contributed by atoms with Crippen molar-refractivity contribution in [3.8, 4) is 0 Å². The molecular weight excluding hydrogens is 127 g/mol. The van der Waals surface area contributed by atoms with Gasteiger partial charge in [-0.15, -0.1) is 6.58 Å². The summed E-state index contributed by atoms with van der Waals surface area (Å²) in [5, 5.41) is 0. The molecule has 0 aromatic carbocycles. The van der Waals surface area contributed by atoms with E-state index in [-0.39, 0.29) is 5.92 Å². The largest absolute Gasteiger partial charge is 0.243 e. The first-order valence-corrected chi connectivity index (χ1v) is 4.11. The summed E-state index contributed by atoms with van der Waals surface area (Å²) < 4.78 is 12.9. The molecule has 10 heavy (non-hydrogen) atoms. The molecule has 0 N–H and O–H groups in total. The summed E-state index contributed by atoms with van der Waals surface area (Å²) in [6.07, 6.45) is 6.52. The van der Waals surface area contributed by atoms with Crippen molar-refractivity contribution in [2.75, 3.05) is 0 Å². The lowest BCUT2D eigenvalue weighted by Gasteiger charge is -2.22. The third kappa shape index (κ3) is 1.83. The topological polar surface area (TPSA) is 0 Å². The molecule has 0 aliphatic heterocycles. The maximum Gasteiger partial charge on any atom is 0.121 e. The summed E-state index contributed by atoms with van der Waals surface area (Å²) in [4.78, 5) is 0. The molecule has 0 saturated heterocycles. The number of halogens is 1. The molecule has 0 aromatic rings. The quantitative estimate of drug-likeness (QED) is 0.520. The maximum atomic E-state index is 12.9. The van der Waals surface area contributed by atoms with E-state index in [1.807, 2.05) is 0 Å². The van der Waals surface area contributed by atoms with Gasteiger partial charge < -0.3 is 0 Å². The van der Waals surface area contributed by atoms with Crippen molar-refractivity contribution in [2.24, 2.45) is 5.92 Å². The van der Waals surface area contributed by atoms with Crippen LogP contribution in [0.25, 0.3) is 0 Å². The molecule has 0 spiro atoms. The smallest absolute Gasteiger partial charge is 0.121 e. The first-order valence-electron chi connectivity index (χ1n) is 4.11. The minimum Gasteiger partial charge on any atom is -0.243 e. The lowest BCUT2D eigenvalue weighted by molar-refractivity contribution is 0.222. The van der Waals surface area contributed by atoms with Gasteiger partial charge in [0.15, 0.2) is 0 Å². The van der Waals surface area contributed by atoms with Gasteiger partial charge in [0.05, 0.1) is 0 Å². The Hall–Kier alpha value is -0.330. The molecule has 1 atom stereocenters. The van der Waals surface area contributed by atoms with E-state index in [9.17, 15) is 4.39 Å². The van der Waals surface area contributed by atoms with Crippen LogP contribution in [0, 0.1) is 5.92 Å². The highest BCUT2D eigenvalue weighted by molar-refractivity contribution is 4.86. The van der Waals surface area contributed by atoms with Crippen LogP contribution >= 0.6 is 0 Å². The van der Waals surface area contributed by atoms with Crippen LogP contribution in [0.5, 0.6) is 0 Å². The van der Waals surface area contributed by atoms with Crippen LogP contribution in [0.15, 0.2) is 12.7 Å². The van der Waals surface area contributed by atoms with E-state index in [2.05, 4.69) is 6.58 Å². The Morgan fingerprint density at radius 2 is 1.90 bits per heavy atom.